The maximum atomic E-state index is 13.1. The van der Waals surface area contributed by atoms with E-state index in [2.05, 4.69) is 0 Å². The molecule has 5 rings (SSSR count). The van der Waals surface area contributed by atoms with Crippen LogP contribution in [0.2, 0.25) is 0 Å². The molecule has 0 aliphatic carbocycles. The van der Waals surface area contributed by atoms with Crippen LogP contribution in [0.15, 0.2) is 115 Å². The Hall–Kier alpha value is -5.19. The average molecular weight is 599 g/mol. The van der Waals surface area contributed by atoms with Gasteiger partial charge in [0.2, 0.25) is 6.29 Å². The number of carbonyl (C=O) groups excluding carboxylic acids is 3. The second-order valence-electron chi connectivity index (χ2n) is 9.76. The third-order valence-corrected chi connectivity index (χ3v) is 6.82. The van der Waals surface area contributed by atoms with Crippen molar-refractivity contribution in [1.82, 2.24) is 0 Å². The van der Waals surface area contributed by atoms with Crippen LogP contribution >= 0.6 is 0 Å². The van der Waals surface area contributed by atoms with Crippen molar-refractivity contribution in [2.24, 2.45) is 0 Å². The maximum Gasteiger partial charge on any atom is 0.338 e. The highest BCUT2D eigenvalue weighted by Crippen LogP contribution is 2.30. The van der Waals surface area contributed by atoms with Gasteiger partial charge in [-0.15, -0.1) is 0 Å². The summed E-state index contributed by atoms with van der Waals surface area (Å²) in [6.45, 7) is -0.417. The number of carbonyl (C=O) groups is 3. The van der Waals surface area contributed by atoms with Crippen molar-refractivity contribution in [3.63, 3.8) is 0 Å². The number of benzene rings is 4. The Kier molecular flexibility index (Phi) is 9.85. The number of rotatable bonds is 10. The smallest absolute Gasteiger partial charge is 0.338 e. The molecule has 1 fully saturated rings. The van der Waals surface area contributed by atoms with Crippen LogP contribution in [0, 0.1) is 0 Å². The average Bonchev–Trinajstić information content (AvgIpc) is 3.08. The highest BCUT2D eigenvalue weighted by atomic mass is 16.7. The summed E-state index contributed by atoms with van der Waals surface area (Å²) in [6, 6.07) is 31.2. The third kappa shape index (κ3) is 7.41. The number of hydrogen-bond donors (Lipinski definition) is 1. The van der Waals surface area contributed by atoms with Gasteiger partial charge in [-0.25, -0.2) is 14.4 Å². The van der Waals surface area contributed by atoms with Crippen molar-refractivity contribution < 1.29 is 47.9 Å². The molecule has 1 saturated heterocycles. The lowest BCUT2D eigenvalue weighted by Crippen LogP contribution is -2.62. The summed E-state index contributed by atoms with van der Waals surface area (Å²) in [5, 5.41) is 11.6. The molecule has 0 spiro atoms. The van der Waals surface area contributed by atoms with E-state index in [1.807, 2.05) is 0 Å². The van der Waals surface area contributed by atoms with Gasteiger partial charge in [0, 0.05) is 0 Å². The van der Waals surface area contributed by atoms with E-state index in [4.69, 9.17) is 28.4 Å². The molecule has 4 aromatic rings. The summed E-state index contributed by atoms with van der Waals surface area (Å²) in [6.07, 6.45) is -7.12. The molecule has 0 aromatic heterocycles. The molecule has 0 bridgehead atoms. The quantitative estimate of drug-likeness (QED) is 0.206. The van der Waals surface area contributed by atoms with Crippen LogP contribution in [0.1, 0.15) is 31.1 Å². The van der Waals surface area contributed by atoms with Gasteiger partial charge in [-0.2, -0.15) is 0 Å². The van der Waals surface area contributed by atoms with Gasteiger partial charge in [-0.05, 0) is 60.7 Å². The second-order valence-corrected chi connectivity index (χ2v) is 9.76. The van der Waals surface area contributed by atoms with E-state index in [9.17, 15) is 19.5 Å². The van der Waals surface area contributed by atoms with E-state index in [-0.39, 0.29) is 11.1 Å². The second kappa shape index (κ2) is 14.3. The molecule has 1 heterocycles. The van der Waals surface area contributed by atoms with Gasteiger partial charge in [-0.3, -0.25) is 0 Å². The Morgan fingerprint density at radius 1 is 0.636 bits per heavy atom. The van der Waals surface area contributed by atoms with E-state index in [1.165, 1.54) is 7.11 Å². The molecular weight excluding hydrogens is 568 g/mol. The zero-order valence-corrected chi connectivity index (χ0v) is 23.7. The molecule has 10 nitrogen and oxygen atoms in total. The first kappa shape index (κ1) is 30.3. The van der Waals surface area contributed by atoms with E-state index < -0.39 is 55.2 Å². The van der Waals surface area contributed by atoms with Gasteiger partial charge in [-0.1, -0.05) is 54.6 Å². The van der Waals surface area contributed by atoms with Crippen LogP contribution in [0.25, 0.3) is 0 Å². The van der Waals surface area contributed by atoms with Gasteiger partial charge in [0.15, 0.2) is 12.2 Å². The Bertz CT molecular complexity index is 1530. The van der Waals surface area contributed by atoms with Crippen LogP contribution in [-0.4, -0.2) is 67.4 Å². The predicted octanol–water partition coefficient (Wildman–Crippen LogP) is 4.47. The Labute approximate surface area is 253 Å². The highest BCUT2D eigenvalue weighted by molar-refractivity contribution is 5.90. The van der Waals surface area contributed by atoms with Crippen molar-refractivity contribution in [1.29, 1.82) is 0 Å². The Morgan fingerprint density at radius 3 is 1.59 bits per heavy atom. The number of aliphatic hydroxyl groups is 1. The number of hydrogen-bond acceptors (Lipinski definition) is 10. The Balaban J connectivity index is 1.44. The highest BCUT2D eigenvalue weighted by Gasteiger charge is 2.51. The fourth-order valence-electron chi connectivity index (χ4n) is 4.53. The van der Waals surface area contributed by atoms with E-state index in [0.717, 1.165) is 0 Å². The van der Waals surface area contributed by atoms with Gasteiger partial charge in [0.25, 0.3) is 0 Å². The van der Waals surface area contributed by atoms with Gasteiger partial charge >= 0.3 is 17.9 Å². The molecule has 0 amide bonds. The molecule has 226 valence electrons. The lowest BCUT2D eigenvalue weighted by atomic mass is 9.98. The van der Waals surface area contributed by atoms with Crippen molar-refractivity contribution in [2.75, 3.05) is 13.7 Å². The molecule has 1 N–H and O–H groups in total. The summed E-state index contributed by atoms with van der Waals surface area (Å²) in [5.74, 6) is -1.29. The summed E-state index contributed by atoms with van der Waals surface area (Å²) < 4.78 is 34.3. The molecule has 4 aromatic carbocycles. The molecule has 0 radical (unpaired) electrons. The van der Waals surface area contributed by atoms with Crippen molar-refractivity contribution in [2.45, 2.75) is 30.7 Å². The largest absolute Gasteiger partial charge is 0.497 e. The van der Waals surface area contributed by atoms with Crippen LogP contribution in [0.3, 0.4) is 0 Å². The molecule has 44 heavy (non-hydrogen) atoms. The van der Waals surface area contributed by atoms with Crippen molar-refractivity contribution in [3.05, 3.63) is 132 Å². The summed E-state index contributed by atoms with van der Waals surface area (Å²) in [5.41, 5.74) is 0.733. The van der Waals surface area contributed by atoms with Crippen LogP contribution in [0.5, 0.6) is 11.5 Å². The number of esters is 3. The maximum absolute atomic E-state index is 13.1. The first-order valence-electron chi connectivity index (χ1n) is 13.8. The zero-order valence-electron chi connectivity index (χ0n) is 23.7. The van der Waals surface area contributed by atoms with Crippen LogP contribution in [-0.2, 0) is 18.9 Å². The van der Waals surface area contributed by atoms with E-state index in [0.29, 0.717) is 17.1 Å². The van der Waals surface area contributed by atoms with Gasteiger partial charge in [0.05, 0.1) is 23.8 Å². The molecule has 10 heteroatoms. The normalized spacial score (nSPS) is 21.0. The minimum Gasteiger partial charge on any atom is -0.497 e. The fourth-order valence-corrected chi connectivity index (χ4v) is 4.53. The summed E-state index contributed by atoms with van der Waals surface area (Å²) >= 11 is 0. The number of ether oxygens (including phenoxy) is 6. The fraction of sp³-hybridized carbons (Fsp3) is 0.206. The van der Waals surface area contributed by atoms with E-state index >= 15 is 0 Å². The minimum atomic E-state index is -1.65. The van der Waals surface area contributed by atoms with Crippen molar-refractivity contribution in [3.8, 4) is 11.5 Å². The number of methoxy groups -OCH3 is 1. The monoisotopic (exact) mass is 598 g/mol. The standard InChI is InChI=1S/C34H30O10/c1-39-25-17-19-26(20-18-25)41-34-30(44-33(38)24-15-9-4-10-16-24)28(35)29(43-32(37)23-13-7-3-8-14-23)27(42-34)21-40-31(36)22-11-5-2-6-12-22/h2-20,27-30,34-35H,21H2,1H3/t27-,28+,29-,30+,34+/m1/s1. The molecule has 1 aliphatic rings. The summed E-state index contributed by atoms with van der Waals surface area (Å²) in [7, 11) is 1.52. The van der Waals surface area contributed by atoms with Crippen molar-refractivity contribution >= 4 is 17.9 Å². The predicted molar refractivity (Wildman–Crippen MR) is 156 cm³/mol. The first-order chi connectivity index (χ1) is 21.4. The molecule has 5 atom stereocenters. The lowest BCUT2D eigenvalue weighted by Gasteiger charge is -2.42. The van der Waals surface area contributed by atoms with Gasteiger partial charge < -0.3 is 33.5 Å². The first-order valence-corrected chi connectivity index (χ1v) is 13.8. The third-order valence-electron chi connectivity index (χ3n) is 6.82. The molecule has 1 aliphatic heterocycles. The van der Waals surface area contributed by atoms with E-state index in [1.54, 1.807) is 115 Å². The lowest BCUT2D eigenvalue weighted by molar-refractivity contribution is -0.276. The molecular formula is C34H30O10. The van der Waals surface area contributed by atoms with Crippen LogP contribution in [0.4, 0.5) is 0 Å². The topological polar surface area (TPSA) is 127 Å². The SMILES string of the molecule is COc1ccc(O[C@H]2O[C@H](COC(=O)c3ccccc3)[C@@H](OC(=O)c3ccccc3)[C@H](O)[C@@H]2OC(=O)c2ccccc2)cc1. The molecule has 0 unspecified atom stereocenters. The summed E-state index contributed by atoms with van der Waals surface area (Å²) in [4.78, 5) is 39.0. The Morgan fingerprint density at radius 2 is 1.09 bits per heavy atom. The molecule has 0 saturated carbocycles. The van der Waals surface area contributed by atoms with Crippen LogP contribution < -0.4 is 9.47 Å². The zero-order chi connectivity index (χ0) is 30.9. The van der Waals surface area contributed by atoms with Gasteiger partial charge in [0.1, 0.15) is 30.3 Å². The minimum absolute atomic E-state index is 0.217. The number of aliphatic hydroxyl groups excluding tert-OH is 1.